The number of nitrogens with zero attached hydrogens (tertiary/aromatic N) is 2. The van der Waals surface area contributed by atoms with Crippen molar-refractivity contribution in [1.82, 2.24) is 4.98 Å². The van der Waals surface area contributed by atoms with Gasteiger partial charge in [-0.1, -0.05) is 23.2 Å². The van der Waals surface area contributed by atoms with Crippen LogP contribution in [0.15, 0.2) is 40.8 Å². The van der Waals surface area contributed by atoms with E-state index in [2.05, 4.69) is 15.5 Å². The lowest BCUT2D eigenvalue weighted by atomic mass is 10.2. The second-order valence-corrected chi connectivity index (χ2v) is 7.01. The Kier molecular flexibility index (Phi) is 6.05. The number of anilines is 1. The number of nitrogens with one attached hydrogen (secondary N) is 1. The Balaban J connectivity index is 1.75. The molecule has 0 aliphatic heterocycles. The number of methoxy groups -OCH3 is 2. The molecule has 0 amide bonds. The Morgan fingerprint density at radius 2 is 1.85 bits per heavy atom. The molecule has 0 fully saturated rings. The van der Waals surface area contributed by atoms with E-state index < -0.39 is 0 Å². The van der Waals surface area contributed by atoms with Crippen LogP contribution in [0.3, 0.4) is 0 Å². The van der Waals surface area contributed by atoms with Gasteiger partial charge in [0.05, 0.1) is 31.2 Å². The van der Waals surface area contributed by atoms with Crippen LogP contribution >= 0.6 is 34.5 Å². The van der Waals surface area contributed by atoms with Gasteiger partial charge in [0.25, 0.3) is 0 Å². The Morgan fingerprint density at radius 3 is 2.48 bits per heavy atom. The highest BCUT2D eigenvalue weighted by molar-refractivity contribution is 7.14. The minimum absolute atomic E-state index is 0.0606. The first-order valence-corrected chi connectivity index (χ1v) is 9.30. The molecule has 0 aliphatic carbocycles. The van der Waals surface area contributed by atoms with Gasteiger partial charge in [0.1, 0.15) is 0 Å². The van der Waals surface area contributed by atoms with Gasteiger partial charge in [-0.15, -0.1) is 11.3 Å². The van der Waals surface area contributed by atoms with Crippen LogP contribution < -0.4 is 14.9 Å². The van der Waals surface area contributed by atoms with Gasteiger partial charge >= 0.3 is 0 Å². The average Bonchev–Trinajstić information content (AvgIpc) is 3.11. The van der Waals surface area contributed by atoms with Gasteiger partial charge in [-0.2, -0.15) is 5.10 Å². The predicted molar refractivity (Wildman–Crippen MR) is 110 cm³/mol. The molecule has 1 heterocycles. The maximum atomic E-state index is 9.93. The summed E-state index contributed by atoms with van der Waals surface area (Å²) in [4.78, 5) is 4.46. The summed E-state index contributed by atoms with van der Waals surface area (Å²) in [5.74, 6) is 0.531. The highest BCUT2D eigenvalue weighted by Crippen LogP contribution is 2.36. The Labute approximate surface area is 170 Å². The molecule has 9 heteroatoms. The number of thiazole rings is 1. The zero-order chi connectivity index (χ0) is 19.4. The largest absolute Gasteiger partial charge is 0.502 e. The van der Waals surface area contributed by atoms with Crippen LogP contribution in [-0.2, 0) is 0 Å². The molecule has 27 heavy (non-hydrogen) atoms. The highest BCUT2D eigenvalue weighted by atomic mass is 35.5. The normalized spacial score (nSPS) is 11.0. The van der Waals surface area contributed by atoms with Crippen molar-refractivity contribution in [2.24, 2.45) is 5.10 Å². The summed E-state index contributed by atoms with van der Waals surface area (Å²) in [6.07, 6.45) is 1.57. The summed E-state index contributed by atoms with van der Waals surface area (Å²) in [6.45, 7) is 0. The van der Waals surface area contributed by atoms with Crippen LogP contribution in [0.1, 0.15) is 5.56 Å². The maximum Gasteiger partial charge on any atom is 0.203 e. The van der Waals surface area contributed by atoms with E-state index in [4.69, 9.17) is 32.7 Å². The third-order valence-corrected chi connectivity index (χ3v) is 4.88. The number of hydrogen-bond acceptors (Lipinski definition) is 7. The summed E-state index contributed by atoms with van der Waals surface area (Å²) < 4.78 is 10.2. The lowest BCUT2D eigenvalue weighted by molar-refractivity contribution is 0.340. The topological polar surface area (TPSA) is 76.0 Å². The van der Waals surface area contributed by atoms with Crippen molar-refractivity contribution in [3.8, 4) is 28.5 Å². The van der Waals surface area contributed by atoms with E-state index in [0.29, 0.717) is 32.2 Å². The average molecular weight is 424 g/mol. The number of phenols is 1. The second-order valence-electron chi connectivity index (χ2n) is 5.31. The van der Waals surface area contributed by atoms with Gasteiger partial charge in [-0.05, 0) is 30.3 Å². The van der Waals surface area contributed by atoms with Gasteiger partial charge in [0.15, 0.2) is 11.5 Å². The number of rotatable bonds is 6. The Morgan fingerprint density at radius 1 is 1.15 bits per heavy atom. The van der Waals surface area contributed by atoms with Crippen LogP contribution in [0.5, 0.6) is 17.2 Å². The molecule has 2 N–H and O–H groups in total. The molecule has 0 unspecified atom stereocenters. The van der Waals surface area contributed by atoms with Gasteiger partial charge < -0.3 is 14.6 Å². The zero-order valence-electron chi connectivity index (χ0n) is 14.4. The SMILES string of the molecule is COc1cc(/C=N\Nc2nc(-c3ccc(Cl)cc3Cl)cs2)cc(OC)c1O. The van der Waals surface area contributed by atoms with Crippen LogP contribution in [-0.4, -0.2) is 30.5 Å². The molecule has 2 aromatic carbocycles. The van der Waals surface area contributed by atoms with Gasteiger partial charge in [-0.25, -0.2) is 4.98 Å². The molecule has 3 aromatic rings. The fourth-order valence-corrected chi connectivity index (χ4v) is 3.46. The lowest BCUT2D eigenvalue weighted by Gasteiger charge is -2.09. The van der Waals surface area contributed by atoms with Gasteiger partial charge in [-0.3, -0.25) is 5.43 Å². The molecule has 0 radical (unpaired) electrons. The first kappa shape index (κ1) is 19.3. The molecule has 1 aromatic heterocycles. The van der Waals surface area contributed by atoms with E-state index in [-0.39, 0.29) is 5.75 Å². The molecule has 6 nitrogen and oxygen atoms in total. The molecule has 140 valence electrons. The molecule has 0 bridgehead atoms. The summed E-state index contributed by atoms with van der Waals surface area (Å²) >= 11 is 13.5. The molecular weight excluding hydrogens is 409 g/mol. The van der Waals surface area contributed by atoms with Crippen LogP contribution in [0.2, 0.25) is 10.0 Å². The van der Waals surface area contributed by atoms with Crippen LogP contribution in [0.4, 0.5) is 5.13 Å². The third kappa shape index (κ3) is 4.44. The van der Waals surface area contributed by atoms with E-state index in [1.165, 1.54) is 25.6 Å². The summed E-state index contributed by atoms with van der Waals surface area (Å²) in [5.41, 5.74) is 5.08. The van der Waals surface area contributed by atoms with Crippen molar-refractivity contribution in [2.45, 2.75) is 0 Å². The maximum absolute atomic E-state index is 9.93. The number of benzene rings is 2. The van der Waals surface area contributed by atoms with E-state index in [1.54, 1.807) is 30.5 Å². The molecular formula is C18H15Cl2N3O3S. The van der Waals surface area contributed by atoms with Crippen molar-refractivity contribution < 1.29 is 14.6 Å². The van der Waals surface area contributed by atoms with Crippen molar-refractivity contribution in [3.05, 3.63) is 51.3 Å². The van der Waals surface area contributed by atoms with E-state index >= 15 is 0 Å². The van der Waals surface area contributed by atoms with Crippen molar-refractivity contribution in [1.29, 1.82) is 0 Å². The lowest BCUT2D eigenvalue weighted by Crippen LogP contribution is -1.94. The van der Waals surface area contributed by atoms with E-state index in [9.17, 15) is 5.11 Å². The molecule has 0 saturated heterocycles. The predicted octanol–water partition coefficient (Wildman–Crippen LogP) is 5.29. The first-order valence-electron chi connectivity index (χ1n) is 7.67. The zero-order valence-corrected chi connectivity index (χ0v) is 16.7. The number of hydrazone groups is 1. The van der Waals surface area contributed by atoms with Crippen LogP contribution in [0, 0.1) is 0 Å². The third-order valence-electron chi connectivity index (χ3n) is 3.59. The standard InChI is InChI=1S/C18H15Cl2N3O3S/c1-25-15-5-10(6-16(26-2)17(15)24)8-21-23-18-22-14(9-27-18)12-4-3-11(19)7-13(12)20/h3-9,24H,1-2H3,(H,22,23)/b21-8-. The highest BCUT2D eigenvalue weighted by Gasteiger charge is 2.11. The summed E-state index contributed by atoms with van der Waals surface area (Å²) in [7, 11) is 2.93. The van der Waals surface area contributed by atoms with Crippen molar-refractivity contribution >= 4 is 45.9 Å². The van der Waals surface area contributed by atoms with Gasteiger partial charge in [0.2, 0.25) is 10.9 Å². The molecule has 0 spiro atoms. The monoisotopic (exact) mass is 423 g/mol. The Bertz CT molecular complexity index is 967. The second kappa shape index (κ2) is 8.47. The first-order chi connectivity index (χ1) is 13.0. The van der Waals surface area contributed by atoms with Crippen molar-refractivity contribution in [2.75, 3.05) is 19.6 Å². The summed E-state index contributed by atoms with van der Waals surface area (Å²) in [6, 6.07) is 8.54. The fraction of sp³-hybridized carbons (Fsp3) is 0.111. The number of aromatic hydroxyl groups is 1. The molecule has 3 rings (SSSR count). The van der Waals surface area contributed by atoms with Crippen LogP contribution in [0.25, 0.3) is 11.3 Å². The van der Waals surface area contributed by atoms with Crippen molar-refractivity contribution in [3.63, 3.8) is 0 Å². The number of aromatic nitrogens is 1. The molecule has 0 aliphatic rings. The fourth-order valence-electron chi connectivity index (χ4n) is 2.30. The molecule has 0 atom stereocenters. The number of hydrogen-bond donors (Lipinski definition) is 2. The Hall–Kier alpha value is -2.48. The number of ether oxygens (including phenoxy) is 2. The number of halogens is 2. The minimum atomic E-state index is -0.0606. The van der Waals surface area contributed by atoms with E-state index in [1.807, 2.05) is 11.4 Å². The minimum Gasteiger partial charge on any atom is -0.502 e. The quantitative estimate of drug-likeness (QED) is 0.416. The van der Waals surface area contributed by atoms with E-state index in [0.717, 1.165) is 11.3 Å². The number of phenolic OH excluding ortho intramolecular Hbond substituents is 1. The molecule has 0 saturated carbocycles. The summed E-state index contributed by atoms with van der Waals surface area (Å²) in [5, 5.41) is 17.7. The smallest absolute Gasteiger partial charge is 0.203 e. The van der Waals surface area contributed by atoms with Gasteiger partial charge in [0, 0.05) is 21.5 Å².